The minimum absolute atomic E-state index is 0.512. The maximum Gasteiger partial charge on any atom is 0.193 e. The summed E-state index contributed by atoms with van der Waals surface area (Å²) in [6, 6.07) is 3.84. The second kappa shape index (κ2) is 4.48. The topological polar surface area (TPSA) is 92.5 Å². The molecule has 16 heavy (non-hydrogen) atoms. The number of aryl methyl sites for hydroxylation is 1. The Balaban J connectivity index is 2.12. The number of hydrogen-bond acceptors (Lipinski definition) is 5. The Morgan fingerprint density at radius 2 is 2.31 bits per heavy atom. The van der Waals surface area contributed by atoms with Crippen molar-refractivity contribution in [3.63, 3.8) is 0 Å². The standard InChI is InChI=1S/C9H11BrN6/c1-5-2-8(6(10)3-7(5)11)12-4-9-13-15-16-14-9/h2-3,12H,4,11H2,1H3,(H,13,14,15,16). The van der Waals surface area contributed by atoms with Crippen molar-refractivity contribution < 1.29 is 0 Å². The molecule has 1 aromatic carbocycles. The van der Waals surface area contributed by atoms with Crippen LogP contribution in [0.15, 0.2) is 16.6 Å². The molecule has 0 radical (unpaired) electrons. The molecule has 0 unspecified atom stereocenters. The van der Waals surface area contributed by atoms with Gasteiger partial charge in [-0.2, -0.15) is 5.21 Å². The Bertz CT molecular complexity index is 481. The van der Waals surface area contributed by atoms with Crippen LogP contribution in [-0.4, -0.2) is 20.6 Å². The molecule has 0 aliphatic carbocycles. The van der Waals surface area contributed by atoms with Gasteiger partial charge in [0.2, 0.25) is 0 Å². The van der Waals surface area contributed by atoms with Crippen molar-refractivity contribution in [2.75, 3.05) is 11.1 Å². The van der Waals surface area contributed by atoms with E-state index in [2.05, 4.69) is 41.9 Å². The van der Waals surface area contributed by atoms with Crippen LogP contribution in [-0.2, 0) is 6.54 Å². The zero-order valence-corrected chi connectivity index (χ0v) is 10.2. The first kappa shape index (κ1) is 10.9. The quantitative estimate of drug-likeness (QED) is 0.742. The van der Waals surface area contributed by atoms with Crippen molar-refractivity contribution in [1.29, 1.82) is 0 Å². The van der Waals surface area contributed by atoms with Crippen LogP contribution in [0.3, 0.4) is 0 Å². The number of halogens is 1. The molecule has 0 atom stereocenters. The third kappa shape index (κ3) is 2.30. The molecule has 1 heterocycles. The van der Waals surface area contributed by atoms with Crippen LogP contribution in [0.2, 0.25) is 0 Å². The summed E-state index contributed by atoms with van der Waals surface area (Å²) in [5.41, 5.74) is 8.53. The SMILES string of the molecule is Cc1cc(NCc2nn[nH]n2)c(Br)cc1N. The van der Waals surface area contributed by atoms with Crippen LogP contribution >= 0.6 is 15.9 Å². The summed E-state index contributed by atoms with van der Waals surface area (Å²) >= 11 is 3.44. The number of nitrogens with zero attached hydrogens (tertiary/aromatic N) is 3. The molecule has 0 amide bonds. The highest BCUT2D eigenvalue weighted by molar-refractivity contribution is 9.10. The van der Waals surface area contributed by atoms with Gasteiger partial charge in [-0.3, -0.25) is 0 Å². The lowest BCUT2D eigenvalue weighted by Gasteiger charge is -2.09. The lowest BCUT2D eigenvalue weighted by atomic mass is 10.2. The van der Waals surface area contributed by atoms with Crippen molar-refractivity contribution in [2.24, 2.45) is 0 Å². The number of H-pyrrole nitrogens is 1. The van der Waals surface area contributed by atoms with Crippen LogP contribution in [0.25, 0.3) is 0 Å². The van der Waals surface area contributed by atoms with Gasteiger partial charge in [-0.05, 0) is 40.5 Å². The van der Waals surface area contributed by atoms with Gasteiger partial charge in [0, 0.05) is 15.8 Å². The molecule has 1 aromatic heterocycles. The van der Waals surface area contributed by atoms with Gasteiger partial charge in [0.1, 0.15) is 0 Å². The minimum atomic E-state index is 0.512. The molecule has 7 heteroatoms. The molecule has 0 aliphatic rings. The summed E-state index contributed by atoms with van der Waals surface area (Å²) in [6.45, 7) is 2.47. The molecule has 2 rings (SSSR count). The lowest BCUT2D eigenvalue weighted by molar-refractivity contribution is 0.881. The summed E-state index contributed by atoms with van der Waals surface area (Å²) in [5, 5.41) is 16.8. The van der Waals surface area contributed by atoms with Crippen molar-refractivity contribution in [3.05, 3.63) is 28.0 Å². The maximum absolute atomic E-state index is 5.78. The van der Waals surface area contributed by atoms with Crippen LogP contribution in [0.4, 0.5) is 11.4 Å². The Morgan fingerprint density at radius 1 is 1.50 bits per heavy atom. The Morgan fingerprint density at radius 3 is 3.00 bits per heavy atom. The van der Waals surface area contributed by atoms with E-state index in [1.165, 1.54) is 0 Å². The number of benzene rings is 1. The second-order valence-electron chi connectivity index (χ2n) is 3.37. The first-order valence-electron chi connectivity index (χ1n) is 4.68. The van der Waals surface area contributed by atoms with E-state index in [0.29, 0.717) is 12.4 Å². The number of hydrogen-bond donors (Lipinski definition) is 3. The monoisotopic (exact) mass is 282 g/mol. The summed E-state index contributed by atoms with van der Waals surface area (Å²) < 4.78 is 0.916. The van der Waals surface area contributed by atoms with Gasteiger partial charge in [0.25, 0.3) is 0 Å². The molecular weight excluding hydrogens is 272 g/mol. The maximum atomic E-state index is 5.78. The van der Waals surface area contributed by atoms with Gasteiger partial charge in [-0.15, -0.1) is 10.2 Å². The third-order valence-electron chi connectivity index (χ3n) is 2.18. The van der Waals surface area contributed by atoms with Crippen LogP contribution in [0.5, 0.6) is 0 Å². The summed E-state index contributed by atoms with van der Waals surface area (Å²) in [4.78, 5) is 0. The van der Waals surface area contributed by atoms with Gasteiger partial charge >= 0.3 is 0 Å². The molecule has 0 bridgehead atoms. The Kier molecular flexibility index (Phi) is 3.04. The fourth-order valence-electron chi connectivity index (χ4n) is 1.26. The highest BCUT2D eigenvalue weighted by Gasteiger charge is 2.04. The van der Waals surface area contributed by atoms with Crippen molar-refractivity contribution in [3.8, 4) is 0 Å². The number of nitrogen functional groups attached to an aromatic ring is 1. The molecule has 0 fully saturated rings. The fraction of sp³-hybridized carbons (Fsp3) is 0.222. The Labute approximate surface area is 101 Å². The molecule has 0 saturated heterocycles. The third-order valence-corrected chi connectivity index (χ3v) is 2.84. The molecule has 0 aliphatic heterocycles. The highest BCUT2D eigenvalue weighted by Crippen LogP contribution is 2.27. The predicted molar refractivity (Wildman–Crippen MR) is 64.8 cm³/mol. The van der Waals surface area contributed by atoms with Crippen LogP contribution in [0.1, 0.15) is 11.4 Å². The van der Waals surface area contributed by atoms with E-state index in [0.717, 1.165) is 21.4 Å². The van der Waals surface area contributed by atoms with E-state index >= 15 is 0 Å². The van der Waals surface area contributed by atoms with Crippen molar-refractivity contribution >= 4 is 27.3 Å². The van der Waals surface area contributed by atoms with Gasteiger partial charge < -0.3 is 11.1 Å². The largest absolute Gasteiger partial charge is 0.398 e. The zero-order chi connectivity index (χ0) is 11.5. The van der Waals surface area contributed by atoms with E-state index in [1.54, 1.807) is 0 Å². The summed E-state index contributed by atoms with van der Waals surface area (Å²) in [7, 11) is 0. The van der Waals surface area contributed by atoms with Crippen LogP contribution in [0, 0.1) is 6.92 Å². The normalized spacial score (nSPS) is 10.4. The molecular formula is C9H11BrN6. The first-order valence-corrected chi connectivity index (χ1v) is 5.48. The van der Waals surface area contributed by atoms with E-state index in [9.17, 15) is 0 Å². The van der Waals surface area contributed by atoms with Gasteiger partial charge in [-0.25, -0.2) is 0 Å². The van der Waals surface area contributed by atoms with Gasteiger partial charge in [0.05, 0.1) is 6.54 Å². The number of nitrogens with one attached hydrogen (secondary N) is 2. The molecule has 84 valence electrons. The van der Waals surface area contributed by atoms with Crippen LogP contribution < -0.4 is 11.1 Å². The van der Waals surface area contributed by atoms with E-state index in [-0.39, 0.29) is 0 Å². The van der Waals surface area contributed by atoms with E-state index in [4.69, 9.17) is 5.73 Å². The van der Waals surface area contributed by atoms with Gasteiger partial charge in [0.15, 0.2) is 5.82 Å². The first-order chi connectivity index (χ1) is 7.66. The number of tetrazole rings is 1. The summed E-state index contributed by atoms with van der Waals surface area (Å²) in [6.07, 6.45) is 0. The average Bonchev–Trinajstić information content (AvgIpc) is 2.74. The number of aromatic nitrogens is 4. The molecule has 0 spiro atoms. The Hall–Kier alpha value is -1.63. The van der Waals surface area contributed by atoms with E-state index < -0.39 is 0 Å². The number of rotatable bonds is 3. The van der Waals surface area contributed by atoms with Crippen molar-refractivity contribution in [1.82, 2.24) is 20.6 Å². The summed E-state index contributed by atoms with van der Waals surface area (Å²) in [5.74, 6) is 0.612. The molecule has 2 aromatic rings. The smallest absolute Gasteiger partial charge is 0.193 e. The van der Waals surface area contributed by atoms with Crippen molar-refractivity contribution in [2.45, 2.75) is 13.5 Å². The lowest BCUT2D eigenvalue weighted by Crippen LogP contribution is -2.03. The minimum Gasteiger partial charge on any atom is -0.398 e. The number of anilines is 2. The zero-order valence-electron chi connectivity index (χ0n) is 8.66. The number of nitrogens with two attached hydrogens (primary N) is 1. The number of aromatic amines is 1. The van der Waals surface area contributed by atoms with Gasteiger partial charge in [-0.1, -0.05) is 5.21 Å². The fourth-order valence-corrected chi connectivity index (χ4v) is 1.77. The molecule has 0 saturated carbocycles. The highest BCUT2D eigenvalue weighted by atomic mass is 79.9. The van der Waals surface area contributed by atoms with E-state index in [1.807, 2.05) is 19.1 Å². The molecule has 6 nitrogen and oxygen atoms in total. The average molecular weight is 283 g/mol. The second-order valence-corrected chi connectivity index (χ2v) is 4.22. The molecule has 4 N–H and O–H groups in total. The predicted octanol–water partition coefficient (Wildman–Crippen LogP) is 1.46.